The first-order valence-corrected chi connectivity index (χ1v) is 7.14. The highest BCUT2D eigenvalue weighted by Crippen LogP contribution is 2.27. The number of hydrogen-bond donors (Lipinski definition) is 0. The summed E-state index contributed by atoms with van der Waals surface area (Å²) in [5.41, 5.74) is 0.165. The Labute approximate surface area is 125 Å². The van der Waals surface area contributed by atoms with Gasteiger partial charge in [-0.2, -0.15) is 0 Å². The van der Waals surface area contributed by atoms with Gasteiger partial charge in [0, 0.05) is 15.5 Å². The molecule has 0 spiro atoms. The Morgan fingerprint density at radius 1 is 1.10 bits per heavy atom. The molecule has 2 aromatic rings. The SMILES string of the molecule is CC(Sc1ccc(Cl)cc1)C(=O)c1ccc(F)c(F)c1. The first-order valence-electron chi connectivity index (χ1n) is 5.89. The number of carbonyl (C=O) groups is 1. The molecule has 0 amide bonds. The molecule has 0 aliphatic heterocycles. The van der Waals surface area contributed by atoms with Crippen molar-refractivity contribution in [2.45, 2.75) is 17.1 Å². The average molecular weight is 313 g/mol. The molecule has 1 nitrogen and oxygen atoms in total. The standard InChI is InChI=1S/C15H11ClF2OS/c1-9(20-12-5-3-11(16)4-6-12)15(19)10-2-7-13(17)14(18)8-10/h2-9H,1H3. The molecule has 1 atom stereocenters. The molecule has 0 saturated heterocycles. The lowest BCUT2D eigenvalue weighted by Crippen LogP contribution is -2.13. The van der Waals surface area contributed by atoms with Gasteiger partial charge < -0.3 is 0 Å². The third-order valence-corrected chi connectivity index (χ3v) is 4.06. The van der Waals surface area contributed by atoms with Crippen LogP contribution in [0.15, 0.2) is 47.4 Å². The number of halogens is 3. The normalized spacial score (nSPS) is 12.2. The maximum absolute atomic E-state index is 13.1. The van der Waals surface area contributed by atoms with E-state index in [-0.39, 0.29) is 11.3 Å². The summed E-state index contributed by atoms with van der Waals surface area (Å²) in [6.07, 6.45) is 0. The van der Waals surface area contributed by atoms with Crippen LogP contribution in [0.1, 0.15) is 17.3 Å². The van der Waals surface area contributed by atoms with E-state index in [0.29, 0.717) is 5.02 Å². The quantitative estimate of drug-likeness (QED) is 0.585. The summed E-state index contributed by atoms with van der Waals surface area (Å²) in [6, 6.07) is 10.3. The number of thioether (sulfide) groups is 1. The number of hydrogen-bond acceptors (Lipinski definition) is 2. The van der Waals surface area contributed by atoms with Crippen molar-refractivity contribution in [1.82, 2.24) is 0 Å². The molecule has 0 heterocycles. The molecular weight excluding hydrogens is 302 g/mol. The van der Waals surface area contributed by atoms with Gasteiger partial charge in [0.05, 0.1) is 5.25 Å². The van der Waals surface area contributed by atoms with Crippen LogP contribution < -0.4 is 0 Å². The number of ketones is 1. The summed E-state index contributed by atoms with van der Waals surface area (Å²) in [5.74, 6) is -2.22. The number of carbonyl (C=O) groups excluding carboxylic acids is 1. The Balaban J connectivity index is 2.11. The van der Waals surface area contributed by atoms with Gasteiger partial charge in [-0.1, -0.05) is 11.6 Å². The molecular formula is C15H11ClF2OS. The number of Topliss-reactive ketones (excluding diaryl/α,β-unsaturated/α-hetero) is 1. The van der Waals surface area contributed by atoms with E-state index in [4.69, 9.17) is 11.6 Å². The Hall–Kier alpha value is -1.39. The molecule has 0 radical (unpaired) electrons. The van der Waals surface area contributed by atoms with Gasteiger partial charge in [-0.15, -0.1) is 11.8 Å². The minimum atomic E-state index is -1.01. The summed E-state index contributed by atoms with van der Waals surface area (Å²) in [4.78, 5) is 13.0. The van der Waals surface area contributed by atoms with Gasteiger partial charge in [0.2, 0.25) is 0 Å². The highest BCUT2D eigenvalue weighted by molar-refractivity contribution is 8.00. The van der Waals surface area contributed by atoms with E-state index in [1.807, 2.05) is 12.1 Å². The van der Waals surface area contributed by atoms with Crippen molar-refractivity contribution in [3.8, 4) is 0 Å². The molecule has 0 aliphatic carbocycles. The van der Waals surface area contributed by atoms with E-state index in [0.717, 1.165) is 17.0 Å². The highest BCUT2D eigenvalue weighted by atomic mass is 35.5. The summed E-state index contributed by atoms with van der Waals surface area (Å²) in [5, 5.41) is 0.218. The molecule has 104 valence electrons. The largest absolute Gasteiger partial charge is 0.293 e. The Morgan fingerprint density at radius 3 is 2.35 bits per heavy atom. The summed E-state index contributed by atoms with van der Waals surface area (Å²) < 4.78 is 26.0. The molecule has 2 rings (SSSR count). The lowest BCUT2D eigenvalue weighted by atomic mass is 10.1. The van der Waals surface area contributed by atoms with Crippen molar-refractivity contribution in [1.29, 1.82) is 0 Å². The van der Waals surface area contributed by atoms with Gasteiger partial charge in [0.25, 0.3) is 0 Å². The molecule has 0 aromatic heterocycles. The van der Waals surface area contributed by atoms with E-state index in [9.17, 15) is 13.6 Å². The fourth-order valence-electron chi connectivity index (χ4n) is 1.65. The van der Waals surface area contributed by atoms with Gasteiger partial charge in [0.1, 0.15) is 0 Å². The third-order valence-electron chi connectivity index (χ3n) is 2.70. The van der Waals surface area contributed by atoms with Crippen molar-refractivity contribution < 1.29 is 13.6 Å². The number of benzene rings is 2. The van der Waals surface area contributed by atoms with E-state index in [1.54, 1.807) is 19.1 Å². The van der Waals surface area contributed by atoms with Crippen LogP contribution in [0.5, 0.6) is 0 Å². The van der Waals surface area contributed by atoms with Gasteiger partial charge >= 0.3 is 0 Å². The minimum absolute atomic E-state index is 0.165. The molecule has 0 N–H and O–H groups in total. The van der Waals surface area contributed by atoms with Crippen LogP contribution in [0.4, 0.5) is 8.78 Å². The lowest BCUT2D eigenvalue weighted by molar-refractivity contribution is 0.0993. The van der Waals surface area contributed by atoms with Gasteiger partial charge in [-0.05, 0) is 49.4 Å². The Bertz CT molecular complexity index is 628. The van der Waals surface area contributed by atoms with E-state index in [1.165, 1.54) is 17.8 Å². The first kappa shape index (κ1) is 15.0. The molecule has 0 fully saturated rings. The second kappa shape index (κ2) is 6.37. The second-order valence-electron chi connectivity index (χ2n) is 4.21. The first-order chi connectivity index (χ1) is 9.47. The molecule has 20 heavy (non-hydrogen) atoms. The smallest absolute Gasteiger partial charge is 0.175 e. The van der Waals surface area contributed by atoms with Crippen molar-refractivity contribution in [3.63, 3.8) is 0 Å². The maximum atomic E-state index is 13.1. The van der Waals surface area contributed by atoms with Crippen molar-refractivity contribution >= 4 is 29.1 Å². The Morgan fingerprint density at radius 2 is 1.75 bits per heavy atom. The van der Waals surface area contributed by atoms with Crippen LogP contribution >= 0.6 is 23.4 Å². The van der Waals surface area contributed by atoms with Crippen LogP contribution in [0.25, 0.3) is 0 Å². The van der Waals surface area contributed by atoms with Crippen LogP contribution in [-0.2, 0) is 0 Å². The molecule has 0 aliphatic rings. The van der Waals surface area contributed by atoms with E-state index >= 15 is 0 Å². The van der Waals surface area contributed by atoms with Crippen molar-refractivity contribution in [2.75, 3.05) is 0 Å². The topological polar surface area (TPSA) is 17.1 Å². The lowest BCUT2D eigenvalue weighted by Gasteiger charge is -2.10. The van der Waals surface area contributed by atoms with Gasteiger partial charge in [-0.25, -0.2) is 8.78 Å². The number of rotatable bonds is 4. The van der Waals surface area contributed by atoms with Crippen LogP contribution in [-0.4, -0.2) is 11.0 Å². The molecule has 0 saturated carbocycles. The predicted octanol–water partition coefficient (Wildman–Crippen LogP) is 4.98. The summed E-state index contributed by atoms with van der Waals surface area (Å²) in [7, 11) is 0. The average Bonchev–Trinajstić information content (AvgIpc) is 2.43. The summed E-state index contributed by atoms with van der Waals surface area (Å²) >= 11 is 7.13. The molecule has 2 aromatic carbocycles. The molecule has 1 unspecified atom stereocenters. The zero-order chi connectivity index (χ0) is 14.7. The molecule has 5 heteroatoms. The molecule has 0 bridgehead atoms. The van der Waals surface area contributed by atoms with Crippen LogP contribution in [0.2, 0.25) is 5.02 Å². The van der Waals surface area contributed by atoms with Crippen molar-refractivity contribution in [2.24, 2.45) is 0 Å². The van der Waals surface area contributed by atoms with Crippen LogP contribution in [0, 0.1) is 11.6 Å². The fraction of sp³-hybridized carbons (Fsp3) is 0.133. The van der Waals surface area contributed by atoms with Gasteiger partial charge in [0.15, 0.2) is 17.4 Å². The zero-order valence-corrected chi connectivity index (χ0v) is 12.1. The Kier molecular flexibility index (Phi) is 4.78. The minimum Gasteiger partial charge on any atom is -0.293 e. The highest BCUT2D eigenvalue weighted by Gasteiger charge is 2.18. The zero-order valence-electron chi connectivity index (χ0n) is 10.6. The monoisotopic (exact) mass is 312 g/mol. The summed E-state index contributed by atoms with van der Waals surface area (Å²) in [6.45, 7) is 1.73. The van der Waals surface area contributed by atoms with Gasteiger partial charge in [-0.3, -0.25) is 4.79 Å². The third kappa shape index (κ3) is 3.58. The van der Waals surface area contributed by atoms with E-state index in [2.05, 4.69) is 0 Å². The van der Waals surface area contributed by atoms with E-state index < -0.39 is 16.9 Å². The fourth-order valence-corrected chi connectivity index (χ4v) is 2.73. The second-order valence-corrected chi connectivity index (χ2v) is 6.06. The van der Waals surface area contributed by atoms with Crippen molar-refractivity contribution in [3.05, 3.63) is 64.7 Å². The maximum Gasteiger partial charge on any atom is 0.175 e. The van der Waals surface area contributed by atoms with Crippen LogP contribution in [0.3, 0.4) is 0 Å². The predicted molar refractivity (Wildman–Crippen MR) is 77.5 cm³/mol.